The standard InChI is InChI=1S/C11H10Cl2N2O2S/c1-6-11(7(2)15-14-6)18(16,17)10-4-3-8(12)5-9(10)13/h3-5,11H,1-2H3. The smallest absolute Gasteiger partial charge is 0.193 e. The Kier molecular flexibility index (Phi) is 3.49. The molecule has 4 nitrogen and oxygen atoms in total. The van der Waals surface area contributed by atoms with Gasteiger partial charge in [0, 0.05) is 5.02 Å². The maximum atomic E-state index is 12.5. The van der Waals surface area contributed by atoms with Gasteiger partial charge in [0.2, 0.25) is 0 Å². The van der Waals surface area contributed by atoms with Gasteiger partial charge in [0.1, 0.15) is 5.25 Å². The molecule has 0 N–H and O–H groups in total. The Morgan fingerprint density at radius 3 is 2.17 bits per heavy atom. The average molecular weight is 305 g/mol. The number of benzene rings is 1. The number of sulfone groups is 1. The Morgan fingerprint density at radius 2 is 1.67 bits per heavy atom. The van der Waals surface area contributed by atoms with Crippen LogP contribution >= 0.6 is 23.2 Å². The van der Waals surface area contributed by atoms with E-state index in [-0.39, 0.29) is 9.92 Å². The molecule has 0 aromatic heterocycles. The normalized spacial score (nSPS) is 16.7. The highest BCUT2D eigenvalue weighted by atomic mass is 35.5. The first-order valence-electron chi connectivity index (χ1n) is 5.11. The summed E-state index contributed by atoms with van der Waals surface area (Å²) >= 11 is 11.7. The summed E-state index contributed by atoms with van der Waals surface area (Å²) in [6, 6.07) is 4.30. The zero-order chi connectivity index (χ0) is 13.5. The van der Waals surface area contributed by atoms with Gasteiger partial charge in [-0.2, -0.15) is 10.2 Å². The molecule has 0 bridgehead atoms. The predicted octanol–water partition coefficient (Wildman–Crippen LogP) is 2.99. The van der Waals surface area contributed by atoms with Crippen LogP contribution in [-0.2, 0) is 9.84 Å². The highest BCUT2D eigenvalue weighted by molar-refractivity contribution is 7.93. The van der Waals surface area contributed by atoms with Gasteiger partial charge in [-0.15, -0.1) is 0 Å². The van der Waals surface area contributed by atoms with Gasteiger partial charge in [-0.05, 0) is 32.0 Å². The third kappa shape index (κ3) is 2.18. The Balaban J connectivity index is 2.56. The van der Waals surface area contributed by atoms with Crippen molar-refractivity contribution in [2.24, 2.45) is 10.2 Å². The van der Waals surface area contributed by atoms with Crippen molar-refractivity contribution in [3.63, 3.8) is 0 Å². The summed E-state index contributed by atoms with van der Waals surface area (Å²) in [7, 11) is -3.64. The van der Waals surface area contributed by atoms with Crippen molar-refractivity contribution >= 4 is 44.5 Å². The van der Waals surface area contributed by atoms with Crippen molar-refractivity contribution in [3.8, 4) is 0 Å². The van der Waals surface area contributed by atoms with Gasteiger partial charge in [-0.3, -0.25) is 0 Å². The monoisotopic (exact) mass is 304 g/mol. The van der Waals surface area contributed by atoms with E-state index in [1.165, 1.54) is 18.2 Å². The molecule has 7 heteroatoms. The molecule has 0 unspecified atom stereocenters. The fourth-order valence-corrected chi connectivity index (χ4v) is 4.41. The molecular formula is C11H10Cl2N2O2S. The second-order valence-electron chi connectivity index (χ2n) is 3.98. The van der Waals surface area contributed by atoms with Gasteiger partial charge in [0.05, 0.1) is 21.3 Å². The first kappa shape index (κ1) is 13.5. The molecule has 0 amide bonds. The third-order valence-corrected chi connectivity index (χ3v) is 5.57. The maximum absolute atomic E-state index is 12.5. The first-order valence-corrected chi connectivity index (χ1v) is 7.42. The van der Waals surface area contributed by atoms with E-state index in [0.29, 0.717) is 16.4 Å². The molecule has 2 rings (SSSR count). The maximum Gasteiger partial charge on any atom is 0.193 e. The van der Waals surface area contributed by atoms with Crippen LogP contribution in [-0.4, -0.2) is 25.1 Å². The number of nitrogens with zero attached hydrogens (tertiary/aromatic N) is 2. The van der Waals surface area contributed by atoms with E-state index in [9.17, 15) is 8.42 Å². The summed E-state index contributed by atoms with van der Waals surface area (Å²) in [5.41, 5.74) is 0.886. The van der Waals surface area contributed by atoms with E-state index >= 15 is 0 Å². The molecule has 1 aliphatic heterocycles. The van der Waals surface area contributed by atoms with Crippen molar-refractivity contribution in [3.05, 3.63) is 28.2 Å². The lowest BCUT2D eigenvalue weighted by molar-refractivity contribution is 0.597. The largest absolute Gasteiger partial charge is 0.223 e. The van der Waals surface area contributed by atoms with Crippen molar-refractivity contribution in [1.29, 1.82) is 0 Å². The lowest BCUT2D eigenvalue weighted by atomic mass is 10.2. The van der Waals surface area contributed by atoms with E-state index in [1.54, 1.807) is 13.8 Å². The van der Waals surface area contributed by atoms with Crippen LogP contribution in [0, 0.1) is 0 Å². The lowest BCUT2D eigenvalue weighted by Gasteiger charge is -2.13. The van der Waals surface area contributed by atoms with E-state index in [0.717, 1.165) is 0 Å². The zero-order valence-electron chi connectivity index (χ0n) is 9.68. The minimum atomic E-state index is -3.64. The summed E-state index contributed by atoms with van der Waals surface area (Å²) in [5, 5.41) is 7.25. The van der Waals surface area contributed by atoms with E-state index in [4.69, 9.17) is 23.2 Å². The Labute approximate surface area is 115 Å². The minimum Gasteiger partial charge on any atom is -0.223 e. The lowest BCUT2D eigenvalue weighted by Crippen LogP contribution is -2.32. The highest BCUT2D eigenvalue weighted by Crippen LogP contribution is 2.29. The summed E-state index contributed by atoms with van der Waals surface area (Å²) < 4.78 is 25.0. The quantitative estimate of drug-likeness (QED) is 0.843. The molecule has 0 aliphatic carbocycles. The Morgan fingerprint density at radius 1 is 1.11 bits per heavy atom. The average Bonchev–Trinajstić information content (AvgIpc) is 2.58. The van der Waals surface area contributed by atoms with Crippen molar-refractivity contribution in [2.45, 2.75) is 24.0 Å². The fourth-order valence-electron chi connectivity index (χ4n) is 1.85. The minimum absolute atomic E-state index is 0.0459. The highest BCUT2D eigenvalue weighted by Gasteiger charge is 2.36. The number of rotatable bonds is 2. The van der Waals surface area contributed by atoms with Gasteiger partial charge in [0.15, 0.2) is 9.84 Å². The molecule has 0 radical (unpaired) electrons. The zero-order valence-corrected chi connectivity index (χ0v) is 12.0. The number of hydrogen-bond donors (Lipinski definition) is 0. The van der Waals surface area contributed by atoms with E-state index in [1.807, 2.05) is 0 Å². The first-order chi connectivity index (χ1) is 8.34. The van der Waals surface area contributed by atoms with Gasteiger partial charge in [-0.25, -0.2) is 8.42 Å². The molecule has 1 aromatic rings. The molecule has 0 spiro atoms. The molecule has 1 heterocycles. The van der Waals surface area contributed by atoms with Crippen molar-refractivity contribution in [2.75, 3.05) is 0 Å². The number of halogens is 2. The van der Waals surface area contributed by atoms with E-state index < -0.39 is 15.1 Å². The van der Waals surface area contributed by atoms with Crippen LogP contribution in [0.1, 0.15) is 13.8 Å². The SMILES string of the molecule is CC1=NN=C(C)C1S(=O)(=O)c1ccc(Cl)cc1Cl. The van der Waals surface area contributed by atoms with Crippen LogP contribution in [0.15, 0.2) is 33.3 Å². The molecular weight excluding hydrogens is 295 g/mol. The molecule has 0 saturated carbocycles. The van der Waals surface area contributed by atoms with Gasteiger partial charge in [-0.1, -0.05) is 23.2 Å². The van der Waals surface area contributed by atoms with Crippen molar-refractivity contribution in [1.82, 2.24) is 0 Å². The van der Waals surface area contributed by atoms with Gasteiger partial charge >= 0.3 is 0 Å². The van der Waals surface area contributed by atoms with Crippen LogP contribution in [0.2, 0.25) is 10.0 Å². The van der Waals surface area contributed by atoms with Gasteiger partial charge in [0.25, 0.3) is 0 Å². The molecule has 18 heavy (non-hydrogen) atoms. The summed E-state index contributed by atoms with van der Waals surface area (Å²) in [4.78, 5) is 0.0459. The third-order valence-electron chi connectivity index (χ3n) is 2.64. The van der Waals surface area contributed by atoms with E-state index in [2.05, 4.69) is 10.2 Å². The Bertz CT molecular complexity index is 648. The predicted molar refractivity (Wildman–Crippen MR) is 73.7 cm³/mol. The van der Waals surface area contributed by atoms with Crippen LogP contribution in [0.25, 0.3) is 0 Å². The second kappa shape index (κ2) is 4.64. The van der Waals surface area contributed by atoms with Crippen LogP contribution in [0.4, 0.5) is 0 Å². The summed E-state index contributed by atoms with van der Waals surface area (Å²) in [5.74, 6) is 0. The number of hydrogen-bond acceptors (Lipinski definition) is 4. The molecule has 0 saturated heterocycles. The Hall–Kier alpha value is -0.910. The van der Waals surface area contributed by atoms with Crippen LogP contribution in [0.3, 0.4) is 0 Å². The van der Waals surface area contributed by atoms with Crippen LogP contribution < -0.4 is 0 Å². The van der Waals surface area contributed by atoms with Gasteiger partial charge < -0.3 is 0 Å². The summed E-state index contributed by atoms with van der Waals surface area (Å²) in [6.45, 7) is 3.26. The molecule has 96 valence electrons. The van der Waals surface area contributed by atoms with Crippen molar-refractivity contribution < 1.29 is 8.42 Å². The molecule has 0 atom stereocenters. The topological polar surface area (TPSA) is 58.9 Å². The molecule has 1 aliphatic rings. The fraction of sp³-hybridized carbons (Fsp3) is 0.273. The molecule has 0 fully saturated rings. The molecule has 1 aromatic carbocycles. The summed E-state index contributed by atoms with van der Waals surface area (Å²) in [6.07, 6.45) is 0. The van der Waals surface area contributed by atoms with Crippen LogP contribution in [0.5, 0.6) is 0 Å². The second-order valence-corrected chi connectivity index (χ2v) is 6.83.